The van der Waals surface area contributed by atoms with Gasteiger partial charge < -0.3 is 20.7 Å². The van der Waals surface area contributed by atoms with Crippen LogP contribution in [0.3, 0.4) is 0 Å². The molecule has 11 heteroatoms. The van der Waals surface area contributed by atoms with E-state index in [-0.39, 0.29) is 28.1 Å². The number of benzene rings is 1. The first-order valence-electron chi connectivity index (χ1n) is 11.0. The number of carbonyl (C=O) groups excluding carboxylic acids is 1. The Hall–Kier alpha value is -4.28. The summed E-state index contributed by atoms with van der Waals surface area (Å²) in [5.74, 6) is -0.423. The molecule has 0 aliphatic carbocycles. The van der Waals surface area contributed by atoms with Gasteiger partial charge in [0, 0.05) is 42.2 Å². The summed E-state index contributed by atoms with van der Waals surface area (Å²) < 4.78 is 44.1. The maximum Gasteiger partial charge on any atom is 0.254 e. The molecule has 3 aromatic heterocycles. The molecule has 10 nitrogen and oxygen atoms in total. The minimum atomic E-state index is -2.72. The maximum absolute atomic E-state index is 14.9. The predicted molar refractivity (Wildman–Crippen MR) is 118 cm³/mol. The van der Waals surface area contributed by atoms with Gasteiger partial charge in [0.25, 0.3) is 5.91 Å². The van der Waals surface area contributed by atoms with Gasteiger partial charge in [-0.1, -0.05) is 0 Å². The third kappa shape index (κ3) is 3.87. The average Bonchev–Trinajstić information content (AvgIpc) is 3.24. The normalized spacial score (nSPS) is 12.5. The molecule has 0 fully saturated rings. The van der Waals surface area contributed by atoms with Gasteiger partial charge in [0.05, 0.1) is 35.6 Å². The summed E-state index contributed by atoms with van der Waals surface area (Å²) in [7, 11) is 1.43. The summed E-state index contributed by atoms with van der Waals surface area (Å²) in [5.41, 5.74) is 0.702. The molecular weight excluding hydrogens is 415 g/mol. The first kappa shape index (κ1) is 17.4. The molecule has 32 heavy (non-hydrogen) atoms. The van der Waals surface area contributed by atoms with Gasteiger partial charge in [-0.2, -0.15) is 5.10 Å². The van der Waals surface area contributed by atoms with Crippen LogP contribution in [0.1, 0.15) is 21.4 Å². The highest BCUT2D eigenvalue weighted by molar-refractivity contribution is 6.01. The number of carbonyl (C=O) groups is 1. The number of methoxy groups -OCH3 is 1. The van der Waals surface area contributed by atoms with Crippen molar-refractivity contribution < 1.29 is 18.0 Å². The second-order valence-corrected chi connectivity index (χ2v) is 6.58. The Morgan fingerprint density at radius 3 is 2.81 bits per heavy atom. The fourth-order valence-electron chi connectivity index (χ4n) is 3.25. The highest BCUT2D eigenvalue weighted by Gasteiger charge is 2.20. The quantitative estimate of drug-likeness (QED) is 0.402. The third-order valence-electron chi connectivity index (χ3n) is 4.70. The highest BCUT2D eigenvalue weighted by atomic mass is 19.1. The van der Waals surface area contributed by atoms with Gasteiger partial charge in [0.15, 0.2) is 5.75 Å². The number of fused-ring (bicyclic) bond motifs is 1. The van der Waals surface area contributed by atoms with Gasteiger partial charge in [-0.05, 0) is 13.0 Å². The van der Waals surface area contributed by atoms with Crippen molar-refractivity contribution in [2.75, 3.05) is 24.7 Å². The van der Waals surface area contributed by atoms with Gasteiger partial charge in [-0.3, -0.25) is 9.48 Å². The van der Waals surface area contributed by atoms with Crippen molar-refractivity contribution in [3.05, 3.63) is 54.5 Å². The molecule has 0 saturated heterocycles. The molecular formula is C21H21FN8O2. The average molecular weight is 439 g/mol. The Morgan fingerprint density at radius 1 is 1.22 bits per heavy atom. The summed E-state index contributed by atoms with van der Waals surface area (Å²) in [6.45, 7) is -0.394. The number of pyridine rings is 1. The minimum absolute atomic E-state index is 0.0825. The lowest BCUT2D eigenvalue weighted by Gasteiger charge is -2.17. The van der Waals surface area contributed by atoms with E-state index in [1.165, 1.54) is 44.2 Å². The molecule has 164 valence electrons. The molecule has 0 aliphatic rings. The number of hydrogen-bond donors (Lipinski definition) is 3. The topological polar surface area (TPSA) is 119 Å². The van der Waals surface area contributed by atoms with E-state index in [0.717, 1.165) is 0 Å². The lowest BCUT2D eigenvalue weighted by Crippen LogP contribution is -2.19. The number of nitrogens with zero attached hydrogens (tertiary/aromatic N) is 5. The van der Waals surface area contributed by atoms with Crippen LogP contribution < -0.4 is 20.7 Å². The SMILES string of the molecule is [2H]C([2H])([2H])NC(=O)c1cnc(Nc2ccncn2)cc1Nc1cc(F)c2cnn(CC)c2c1OC. The lowest BCUT2D eigenvalue weighted by molar-refractivity contribution is 0.0963. The number of rotatable bonds is 7. The molecule has 0 radical (unpaired) electrons. The Bertz CT molecular complexity index is 1380. The van der Waals surface area contributed by atoms with E-state index in [1.807, 2.05) is 12.2 Å². The molecule has 0 spiro atoms. The van der Waals surface area contributed by atoms with Crippen LogP contribution in [0.2, 0.25) is 0 Å². The molecule has 3 heterocycles. The number of amides is 1. The van der Waals surface area contributed by atoms with Crippen LogP contribution in [0.4, 0.5) is 27.4 Å². The summed E-state index contributed by atoms with van der Waals surface area (Å²) in [6, 6.07) is 4.30. The predicted octanol–water partition coefficient (Wildman–Crippen LogP) is 3.24. The summed E-state index contributed by atoms with van der Waals surface area (Å²) in [6.07, 6.45) is 5.49. The minimum Gasteiger partial charge on any atom is -0.492 e. The molecule has 0 unspecified atom stereocenters. The maximum atomic E-state index is 14.9. The van der Waals surface area contributed by atoms with E-state index in [9.17, 15) is 9.18 Å². The fraction of sp³-hybridized carbons (Fsp3) is 0.190. The van der Waals surface area contributed by atoms with Gasteiger partial charge in [0.2, 0.25) is 0 Å². The van der Waals surface area contributed by atoms with Crippen molar-refractivity contribution in [2.24, 2.45) is 0 Å². The monoisotopic (exact) mass is 439 g/mol. The highest BCUT2D eigenvalue weighted by Crippen LogP contribution is 2.38. The zero-order valence-electron chi connectivity index (χ0n) is 20.2. The largest absolute Gasteiger partial charge is 0.492 e. The van der Waals surface area contributed by atoms with Crippen molar-refractivity contribution in [3.63, 3.8) is 0 Å². The molecule has 3 N–H and O–H groups in total. The smallest absolute Gasteiger partial charge is 0.254 e. The van der Waals surface area contributed by atoms with Crippen molar-refractivity contribution >= 4 is 39.8 Å². The molecule has 4 rings (SSSR count). The van der Waals surface area contributed by atoms with Gasteiger partial charge in [-0.25, -0.2) is 19.3 Å². The van der Waals surface area contributed by atoms with E-state index in [0.29, 0.717) is 23.6 Å². The van der Waals surface area contributed by atoms with Crippen LogP contribution in [0.15, 0.2) is 43.1 Å². The Balaban J connectivity index is 1.81. The van der Waals surface area contributed by atoms with Crippen molar-refractivity contribution in [3.8, 4) is 5.75 Å². The van der Waals surface area contributed by atoms with Crippen LogP contribution in [0.25, 0.3) is 10.9 Å². The zero-order chi connectivity index (χ0) is 25.2. The standard InChI is InChI=1S/C21H21FN8O2/c1-4-30-19-12(10-27-30)14(22)7-16(20(19)32-3)28-15-8-18(25-9-13(15)21(31)23-2)29-17-5-6-24-11-26-17/h5-11H,4H2,1-3H3,(H,23,31)(H2,24,25,26,28,29)/i2D3. The van der Waals surface area contributed by atoms with E-state index in [4.69, 9.17) is 8.85 Å². The number of anilines is 4. The Labute approximate surface area is 187 Å². The van der Waals surface area contributed by atoms with E-state index < -0.39 is 18.7 Å². The second-order valence-electron chi connectivity index (χ2n) is 6.58. The Kier molecular flexibility index (Phi) is 4.81. The van der Waals surface area contributed by atoms with Crippen LogP contribution in [-0.4, -0.2) is 44.7 Å². The van der Waals surface area contributed by atoms with Crippen molar-refractivity contribution in [1.82, 2.24) is 30.0 Å². The van der Waals surface area contributed by atoms with Gasteiger partial charge >= 0.3 is 0 Å². The summed E-state index contributed by atoms with van der Waals surface area (Å²) in [4.78, 5) is 24.8. The molecule has 0 saturated carbocycles. The first-order chi connectivity index (χ1) is 16.7. The second kappa shape index (κ2) is 8.84. The summed E-state index contributed by atoms with van der Waals surface area (Å²) >= 11 is 0. The third-order valence-corrected chi connectivity index (χ3v) is 4.70. The Morgan fingerprint density at radius 2 is 2.09 bits per heavy atom. The zero-order valence-corrected chi connectivity index (χ0v) is 17.2. The number of hydrogen-bond acceptors (Lipinski definition) is 8. The number of aryl methyl sites for hydroxylation is 1. The fourth-order valence-corrected chi connectivity index (χ4v) is 3.25. The molecule has 4 aromatic rings. The number of halogens is 1. The van der Waals surface area contributed by atoms with Crippen LogP contribution >= 0.6 is 0 Å². The van der Waals surface area contributed by atoms with E-state index in [1.54, 1.807) is 10.7 Å². The molecule has 1 amide bonds. The number of nitrogens with one attached hydrogen (secondary N) is 3. The van der Waals surface area contributed by atoms with Crippen molar-refractivity contribution in [1.29, 1.82) is 0 Å². The van der Waals surface area contributed by atoms with Crippen LogP contribution in [-0.2, 0) is 6.54 Å². The molecule has 0 bridgehead atoms. The molecule has 0 aliphatic heterocycles. The van der Waals surface area contributed by atoms with Crippen LogP contribution in [0.5, 0.6) is 5.75 Å². The van der Waals surface area contributed by atoms with Gasteiger partial charge in [-0.15, -0.1) is 0 Å². The van der Waals surface area contributed by atoms with Crippen LogP contribution in [0, 0.1) is 5.82 Å². The number of ether oxygens (including phenoxy) is 1. The van der Waals surface area contributed by atoms with E-state index in [2.05, 4.69) is 30.7 Å². The first-order valence-corrected chi connectivity index (χ1v) is 9.54. The van der Waals surface area contributed by atoms with E-state index >= 15 is 0 Å². The number of aromatic nitrogens is 5. The summed E-state index contributed by atoms with van der Waals surface area (Å²) in [5, 5.41) is 12.4. The van der Waals surface area contributed by atoms with Gasteiger partial charge in [0.1, 0.15) is 29.3 Å². The lowest BCUT2D eigenvalue weighted by atomic mass is 10.1. The molecule has 0 atom stereocenters. The van der Waals surface area contributed by atoms with Crippen molar-refractivity contribution in [2.45, 2.75) is 13.5 Å². The molecule has 1 aromatic carbocycles.